The zero-order chi connectivity index (χ0) is 22.1. The number of aromatic nitrogens is 1. The summed E-state index contributed by atoms with van der Waals surface area (Å²) in [5, 5.41) is 0.702. The third kappa shape index (κ3) is 4.96. The Morgan fingerprint density at radius 3 is 2.84 bits per heavy atom. The lowest BCUT2D eigenvalue weighted by Gasteiger charge is -2.42. The zero-order valence-corrected chi connectivity index (χ0v) is 20.8. The number of carbonyl (C=O) groups is 1. The van der Waals surface area contributed by atoms with Gasteiger partial charge >= 0.3 is 0 Å². The first-order chi connectivity index (χ1) is 14.9. The smallest absolute Gasteiger partial charge is 0.236 e. The van der Waals surface area contributed by atoms with Crippen molar-refractivity contribution < 1.29 is 4.79 Å². The van der Waals surface area contributed by atoms with Gasteiger partial charge in [0.1, 0.15) is 5.92 Å². The van der Waals surface area contributed by atoms with Crippen molar-refractivity contribution in [2.24, 2.45) is 5.73 Å². The summed E-state index contributed by atoms with van der Waals surface area (Å²) in [7, 11) is 0. The van der Waals surface area contributed by atoms with Crippen LogP contribution in [0.25, 0.3) is 0 Å². The van der Waals surface area contributed by atoms with E-state index < -0.39 is 5.92 Å². The number of carbonyl (C=O) groups excluding carboxylic acids is 1. The summed E-state index contributed by atoms with van der Waals surface area (Å²) in [6.45, 7) is 5.15. The summed E-state index contributed by atoms with van der Waals surface area (Å²) >= 11 is 14.1. The largest absolute Gasteiger partial charge is 0.339 e. The molecule has 166 valence electrons. The maximum Gasteiger partial charge on any atom is 0.236 e. The van der Waals surface area contributed by atoms with E-state index in [4.69, 9.17) is 22.3 Å². The van der Waals surface area contributed by atoms with Crippen molar-refractivity contribution in [3.8, 4) is 0 Å². The van der Waals surface area contributed by atoms with E-state index in [9.17, 15) is 4.79 Å². The minimum absolute atomic E-state index is 0.0426. The van der Waals surface area contributed by atoms with Gasteiger partial charge in [-0.2, -0.15) is 12.6 Å². The summed E-state index contributed by atoms with van der Waals surface area (Å²) in [5.74, 6) is 0.369. The first-order valence-corrected chi connectivity index (χ1v) is 12.5. The second-order valence-corrected chi connectivity index (χ2v) is 10.3. The fourth-order valence-corrected chi connectivity index (χ4v) is 5.39. The molecule has 1 aliphatic carbocycles. The van der Waals surface area contributed by atoms with Crippen LogP contribution < -0.4 is 5.73 Å². The lowest BCUT2D eigenvalue weighted by molar-refractivity contribution is -0.134. The number of hydrogen-bond acceptors (Lipinski definition) is 5. The minimum Gasteiger partial charge on any atom is -0.339 e. The van der Waals surface area contributed by atoms with Gasteiger partial charge in [-0.05, 0) is 70.6 Å². The summed E-state index contributed by atoms with van der Waals surface area (Å²) in [6.07, 6.45) is 3.47. The molecule has 2 N–H and O–H groups in total. The predicted octanol–water partition coefficient (Wildman–Crippen LogP) is 3.52. The lowest BCUT2D eigenvalue weighted by atomic mass is 9.89. The highest BCUT2D eigenvalue weighted by Crippen LogP contribution is 2.37. The Morgan fingerprint density at radius 2 is 2.10 bits per heavy atom. The van der Waals surface area contributed by atoms with Crippen molar-refractivity contribution in [2.75, 3.05) is 31.9 Å². The number of nitrogens with two attached hydrogens (primary N) is 1. The third-order valence-corrected chi connectivity index (χ3v) is 7.49. The van der Waals surface area contributed by atoms with Crippen LogP contribution in [0.1, 0.15) is 35.2 Å². The Hall–Kier alpha value is -1.12. The summed E-state index contributed by atoms with van der Waals surface area (Å²) in [5.41, 5.74) is 10.2. The van der Waals surface area contributed by atoms with Crippen LogP contribution in [0.2, 0.25) is 5.02 Å². The Balaban J connectivity index is 1.65. The van der Waals surface area contributed by atoms with E-state index in [1.54, 1.807) is 6.20 Å². The maximum absolute atomic E-state index is 13.9. The molecule has 8 heteroatoms. The van der Waals surface area contributed by atoms with E-state index in [0.717, 1.165) is 52.8 Å². The predicted molar refractivity (Wildman–Crippen MR) is 132 cm³/mol. The Morgan fingerprint density at radius 1 is 1.32 bits per heavy atom. The van der Waals surface area contributed by atoms with Gasteiger partial charge in [0.25, 0.3) is 0 Å². The number of rotatable bonds is 4. The van der Waals surface area contributed by atoms with Gasteiger partial charge in [0, 0.05) is 59.7 Å². The molecule has 1 aromatic carbocycles. The molecule has 3 atom stereocenters. The molecule has 1 amide bonds. The van der Waals surface area contributed by atoms with Gasteiger partial charge in [0.15, 0.2) is 0 Å². The summed E-state index contributed by atoms with van der Waals surface area (Å²) in [4.78, 5) is 23.0. The monoisotopic (exact) mass is 522 g/mol. The molecule has 2 aromatic rings. The number of aryl methyl sites for hydroxylation is 2. The molecule has 4 rings (SSSR count). The first-order valence-electron chi connectivity index (χ1n) is 10.7. The fraction of sp³-hybridized carbons (Fsp3) is 0.478. The van der Waals surface area contributed by atoms with Gasteiger partial charge in [-0.15, -0.1) is 0 Å². The molecular weight excluding hydrogens is 496 g/mol. The number of amides is 1. The molecule has 1 aliphatic heterocycles. The number of thiol groups is 1. The number of pyridine rings is 1. The molecule has 0 saturated carbocycles. The van der Waals surface area contributed by atoms with Crippen LogP contribution in [0.15, 0.2) is 34.9 Å². The van der Waals surface area contributed by atoms with Crippen molar-refractivity contribution in [3.63, 3.8) is 0 Å². The van der Waals surface area contributed by atoms with E-state index in [1.807, 2.05) is 23.1 Å². The maximum atomic E-state index is 13.9. The third-order valence-electron chi connectivity index (χ3n) is 6.35. The van der Waals surface area contributed by atoms with Crippen LogP contribution in [0.5, 0.6) is 0 Å². The van der Waals surface area contributed by atoms with Crippen LogP contribution in [-0.4, -0.2) is 64.7 Å². The topological polar surface area (TPSA) is 62.5 Å². The average molecular weight is 524 g/mol. The quantitative estimate of drug-likeness (QED) is 0.602. The molecular formula is C23H28BrClN4OS. The Labute approximate surface area is 202 Å². The van der Waals surface area contributed by atoms with Gasteiger partial charge in [-0.1, -0.05) is 17.7 Å². The van der Waals surface area contributed by atoms with Crippen molar-refractivity contribution in [3.05, 3.63) is 62.3 Å². The standard InChI is InChI=1S/C23H28BrClN4OS/c1-14-11-29(7-6-28(14)12-19(26)13-31)23(30)21-20-5-4-18(25)9-15(20)2-3-16-8-17(24)10-27-22(16)21/h4-5,8-10,14,19,21,31H,2-3,6-7,11-13,26H2,1H3/t14?,19-,21?/m1/s1. The highest BCUT2D eigenvalue weighted by atomic mass is 79.9. The number of benzene rings is 1. The molecule has 2 unspecified atom stereocenters. The molecule has 2 heterocycles. The van der Waals surface area contributed by atoms with Crippen molar-refractivity contribution >= 4 is 46.1 Å². The van der Waals surface area contributed by atoms with E-state index in [0.29, 0.717) is 23.9 Å². The molecule has 1 saturated heterocycles. The van der Waals surface area contributed by atoms with Gasteiger partial charge in [0.2, 0.25) is 5.91 Å². The van der Waals surface area contributed by atoms with Crippen molar-refractivity contribution in [1.82, 2.24) is 14.8 Å². The van der Waals surface area contributed by atoms with Gasteiger partial charge < -0.3 is 10.6 Å². The van der Waals surface area contributed by atoms with Crippen molar-refractivity contribution in [2.45, 2.75) is 37.8 Å². The number of piperazine rings is 1. The van der Waals surface area contributed by atoms with E-state index in [2.05, 4.69) is 46.4 Å². The normalized spacial score (nSPS) is 22.4. The van der Waals surface area contributed by atoms with Crippen LogP contribution in [-0.2, 0) is 17.6 Å². The number of halogens is 2. The Bertz CT molecular complexity index is 921. The van der Waals surface area contributed by atoms with Crippen LogP contribution in [0.4, 0.5) is 0 Å². The SMILES string of the molecule is CC1CN(C(=O)C2c3ccc(Cl)cc3CCc3cc(Br)cnc32)CCN1C[C@@H](N)CS. The van der Waals surface area contributed by atoms with Gasteiger partial charge in [-0.25, -0.2) is 0 Å². The fourth-order valence-electron chi connectivity index (χ4n) is 4.70. The first kappa shape index (κ1) is 23.1. The van der Waals surface area contributed by atoms with E-state index >= 15 is 0 Å². The highest BCUT2D eigenvalue weighted by molar-refractivity contribution is 9.10. The highest BCUT2D eigenvalue weighted by Gasteiger charge is 2.36. The van der Waals surface area contributed by atoms with Crippen LogP contribution in [0.3, 0.4) is 0 Å². The van der Waals surface area contributed by atoms with E-state index in [1.165, 1.54) is 0 Å². The lowest BCUT2D eigenvalue weighted by Crippen LogP contribution is -2.57. The average Bonchev–Trinajstić information content (AvgIpc) is 2.90. The zero-order valence-electron chi connectivity index (χ0n) is 17.6. The molecule has 31 heavy (non-hydrogen) atoms. The molecule has 2 aliphatic rings. The minimum atomic E-state index is -0.406. The molecule has 1 fully saturated rings. The summed E-state index contributed by atoms with van der Waals surface area (Å²) < 4.78 is 0.934. The van der Waals surface area contributed by atoms with E-state index in [-0.39, 0.29) is 18.0 Å². The number of nitrogens with zero attached hydrogens (tertiary/aromatic N) is 3. The van der Waals surface area contributed by atoms with Crippen molar-refractivity contribution in [1.29, 1.82) is 0 Å². The van der Waals surface area contributed by atoms with Crippen LogP contribution >= 0.6 is 40.2 Å². The molecule has 0 spiro atoms. The second-order valence-electron chi connectivity index (χ2n) is 8.54. The molecule has 0 bridgehead atoms. The second kappa shape index (κ2) is 9.79. The van der Waals surface area contributed by atoms with Gasteiger partial charge in [0.05, 0.1) is 5.69 Å². The number of fused-ring (bicyclic) bond motifs is 2. The van der Waals surface area contributed by atoms with Gasteiger partial charge in [-0.3, -0.25) is 14.7 Å². The molecule has 0 radical (unpaired) electrons. The Kier molecular flexibility index (Phi) is 7.28. The summed E-state index contributed by atoms with van der Waals surface area (Å²) in [6, 6.07) is 8.26. The van der Waals surface area contributed by atoms with Crippen LogP contribution in [0, 0.1) is 0 Å². The molecule has 5 nitrogen and oxygen atoms in total. The number of hydrogen-bond donors (Lipinski definition) is 2. The molecule has 1 aromatic heterocycles.